The smallest absolute Gasteiger partial charge is 0.318 e. The number of fused-ring (bicyclic) bond motifs is 2. The fourth-order valence-electron chi connectivity index (χ4n) is 5.87. The first kappa shape index (κ1) is 29.3. The van der Waals surface area contributed by atoms with Gasteiger partial charge in [-0.05, 0) is 23.9 Å². The van der Waals surface area contributed by atoms with Gasteiger partial charge in [-0.2, -0.15) is 9.97 Å². The van der Waals surface area contributed by atoms with Crippen LogP contribution in [0.15, 0.2) is 61.5 Å². The summed E-state index contributed by atoms with van der Waals surface area (Å²) in [6.45, 7) is 13.3. The van der Waals surface area contributed by atoms with Crippen LogP contribution in [0, 0.1) is 12.4 Å². The molecule has 0 spiro atoms. The van der Waals surface area contributed by atoms with Crippen LogP contribution in [0.2, 0.25) is 5.02 Å². The van der Waals surface area contributed by atoms with Crippen LogP contribution in [0.5, 0.6) is 6.01 Å². The summed E-state index contributed by atoms with van der Waals surface area (Å²) in [5.74, 6) is -1.66. The van der Waals surface area contributed by atoms with Crippen molar-refractivity contribution in [3.63, 3.8) is 0 Å². The predicted octanol–water partition coefficient (Wildman–Crippen LogP) is 4.68. The van der Waals surface area contributed by atoms with Gasteiger partial charge in [0.2, 0.25) is 6.54 Å². The SMILES string of the molecule is [C-]#[N+]C[C@H]1CN(c2nc(OCCn3ccnc3)nc3c2CCN(c2cccc4ccc(F)c(Cl)c24)C3)CCN1C(=O)C(=C)F. The summed E-state index contributed by atoms with van der Waals surface area (Å²) in [5, 5.41) is 1.55. The number of hydrogen-bond acceptors (Lipinski definition) is 7. The van der Waals surface area contributed by atoms with E-state index in [-0.39, 0.29) is 24.1 Å². The molecule has 0 saturated carbocycles. The second-order valence-corrected chi connectivity index (χ2v) is 11.0. The van der Waals surface area contributed by atoms with Crippen LogP contribution in [0.25, 0.3) is 15.6 Å². The molecule has 13 heteroatoms. The molecule has 0 N–H and O–H groups in total. The van der Waals surface area contributed by atoms with E-state index in [1.54, 1.807) is 18.6 Å². The molecule has 226 valence electrons. The molecule has 0 unspecified atom stereocenters. The second-order valence-electron chi connectivity index (χ2n) is 10.7. The van der Waals surface area contributed by atoms with Crippen LogP contribution in [-0.4, -0.2) is 75.7 Å². The van der Waals surface area contributed by atoms with E-state index in [4.69, 9.17) is 32.9 Å². The molecule has 6 rings (SSSR count). The highest BCUT2D eigenvalue weighted by atomic mass is 35.5. The summed E-state index contributed by atoms with van der Waals surface area (Å²) in [4.78, 5) is 35.1. The highest BCUT2D eigenvalue weighted by Crippen LogP contribution is 2.38. The van der Waals surface area contributed by atoms with Crippen LogP contribution in [0.4, 0.5) is 20.3 Å². The third-order valence-electron chi connectivity index (χ3n) is 7.99. The van der Waals surface area contributed by atoms with Crippen LogP contribution in [0.1, 0.15) is 11.3 Å². The molecular formula is C31H29ClF2N8O2. The third kappa shape index (κ3) is 5.75. The number of nitrogens with zero attached hydrogens (tertiary/aromatic N) is 8. The number of aromatic nitrogens is 4. The highest BCUT2D eigenvalue weighted by Gasteiger charge is 2.36. The molecule has 1 fully saturated rings. The van der Waals surface area contributed by atoms with Crippen molar-refractivity contribution in [1.82, 2.24) is 24.4 Å². The maximum absolute atomic E-state index is 14.5. The number of rotatable bonds is 8. The normalized spacial score (nSPS) is 16.5. The van der Waals surface area contributed by atoms with Crippen LogP contribution >= 0.6 is 11.6 Å². The van der Waals surface area contributed by atoms with E-state index in [9.17, 15) is 13.6 Å². The maximum atomic E-state index is 14.5. The average Bonchev–Trinajstić information content (AvgIpc) is 3.55. The zero-order valence-electron chi connectivity index (χ0n) is 23.8. The van der Waals surface area contributed by atoms with Gasteiger partial charge in [-0.3, -0.25) is 4.79 Å². The standard InChI is InChI=1S/C31H29ClF2N8O2/c1-20(33)30(43)42-13-12-41(17-22(42)16-35-2)29-23-8-10-40(26-5-3-4-21-6-7-24(34)28(32)27(21)26)18-25(23)37-31(38-29)44-15-14-39-11-9-36-19-39/h3-7,9,11,19,22H,1,8,10,12-18H2/t22-/m0/s1. The van der Waals surface area contributed by atoms with Gasteiger partial charge >= 0.3 is 6.01 Å². The summed E-state index contributed by atoms with van der Waals surface area (Å²) in [7, 11) is 0. The van der Waals surface area contributed by atoms with E-state index in [1.165, 1.54) is 11.0 Å². The minimum atomic E-state index is -1.05. The average molecular weight is 619 g/mol. The lowest BCUT2D eigenvalue weighted by molar-refractivity contribution is -0.131. The van der Waals surface area contributed by atoms with E-state index in [0.29, 0.717) is 57.0 Å². The Kier molecular flexibility index (Phi) is 8.30. The first-order valence-corrected chi connectivity index (χ1v) is 14.6. The van der Waals surface area contributed by atoms with Gasteiger partial charge in [-0.1, -0.05) is 36.4 Å². The van der Waals surface area contributed by atoms with Crippen molar-refractivity contribution in [3.8, 4) is 6.01 Å². The van der Waals surface area contributed by atoms with E-state index in [0.717, 1.165) is 22.3 Å². The van der Waals surface area contributed by atoms with Gasteiger partial charge in [0.15, 0.2) is 5.83 Å². The monoisotopic (exact) mass is 618 g/mol. The van der Waals surface area contributed by atoms with Crippen molar-refractivity contribution in [3.05, 3.63) is 95.0 Å². The molecule has 0 aliphatic carbocycles. The molecule has 2 aromatic heterocycles. The molecule has 10 nitrogen and oxygen atoms in total. The molecule has 2 aromatic carbocycles. The van der Waals surface area contributed by atoms with Crippen LogP contribution < -0.4 is 14.5 Å². The largest absolute Gasteiger partial charge is 0.462 e. The molecule has 0 bridgehead atoms. The Morgan fingerprint density at radius 1 is 1.18 bits per heavy atom. The summed E-state index contributed by atoms with van der Waals surface area (Å²) in [5.41, 5.74) is 2.48. The summed E-state index contributed by atoms with van der Waals surface area (Å²) in [6.07, 6.45) is 5.80. The number of hydrogen-bond donors (Lipinski definition) is 0. The third-order valence-corrected chi connectivity index (χ3v) is 8.36. The summed E-state index contributed by atoms with van der Waals surface area (Å²) >= 11 is 6.46. The van der Waals surface area contributed by atoms with Gasteiger partial charge in [0, 0.05) is 55.2 Å². The van der Waals surface area contributed by atoms with Gasteiger partial charge in [-0.25, -0.2) is 20.3 Å². The molecule has 0 radical (unpaired) electrons. The fraction of sp³-hybridized carbons (Fsp3) is 0.323. The minimum Gasteiger partial charge on any atom is -0.462 e. The van der Waals surface area contributed by atoms with Crippen molar-refractivity contribution >= 4 is 39.8 Å². The van der Waals surface area contributed by atoms with Crippen LogP contribution in [-0.2, 0) is 24.3 Å². The predicted molar refractivity (Wildman–Crippen MR) is 163 cm³/mol. The van der Waals surface area contributed by atoms with Crippen molar-refractivity contribution < 1.29 is 18.3 Å². The first-order chi connectivity index (χ1) is 21.3. The van der Waals surface area contributed by atoms with Gasteiger partial charge in [0.05, 0.1) is 30.1 Å². The lowest BCUT2D eigenvalue weighted by Crippen LogP contribution is -2.57. The molecule has 44 heavy (non-hydrogen) atoms. The number of carbonyl (C=O) groups is 1. The Bertz CT molecular complexity index is 1760. The number of amides is 1. The molecule has 1 amide bonds. The van der Waals surface area contributed by atoms with E-state index >= 15 is 0 Å². The zero-order valence-corrected chi connectivity index (χ0v) is 24.6. The molecule has 2 aliphatic heterocycles. The second kappa shape index (κ2) is 12.5. The van der Waals surface area contributed by atoms with E-state index < -0.39 is 23.6 Å². The number of anilines is 2. The number of benzene rings is 2. The van der Waals surface area contributed by atoms with Gasteiger partial charge in [0.25, 0.3) is 5.91 Å². The summed E-state index contributed by atoms with van der Waals surface area (Å²) in [6, 6.07) is 8.48. The van der Waals surface area contributed by atoms with E-state index in [1.807, 2.05) is 33.9 Å². The van der Waals surface area contributed by atoms with Crippen molar-refractivity contribution in [2.24, 2.45) is 0 Å². The zero-order chi connectivity index (χ0) is 30.8. The number of halogens is 3. The molecule has 1 saturated heterocycles. The minimum absolute atomic E-state index is 0.0171. The molecular weight excluding hydrogens is 590 g/mol. The lowest BCUT2D eigenvalue weighted by atomic mass is 10.0. The molecule has 4 aromatic rings. The Morgan fingerprint density at radius 2 is 2.05 bits per heavy atom. The fourth-order valence-corrected chi connectivity index (χ4v) is 6.14. The number of carbonyl (C=O) groups excluding carboxylic acids is 1. The highest BCUT2D eigenvalue weighted by molar-refractivity contribution is 6.36. The van der Waals surface area contributed by atoms with E-state index in [2.05, 4.69) is 21.3 Å². The molecule has 1 atom stereocenters. The van der Waals surface area contributed by atoms with Gasteiger partial charge in [-0.15, -0.1) is 0 Å². The lowest BCUT2D eigenvalue weighted by Gasteiger charge is -2.41. The Labute approximate surface area is 258 Å². The van der Waals surface area contributed by atoms with Crippen molar-refractivity contribution in [1.29, 1.82) is 0 Å². The number of imidazole rings is 1. The quantitative estimate of drug-likeness (QED) is 0.209. The van der Waals surface area contributed by atoms with Crippen molar-refractivity contribution in [2.45, 2.75) is 25.6 Å². The first-order valence-electron chi connectivity index (χ1n) is 14.2. The van der Waals surface area contributed by atoms with Crippen molar-refractivity contribution in [2.75, 3.05) is 49.1 Å². The summed E-state index contributed by atoms with van der Waals surface area (Å²) < 4.78 is 36.2. The number of ether oxygens (including phenoxy) is 1. The Hall–Kier alpha value is -4.76. The van der Waals surface area contributed by atoms with Gasteiger partial charge in [0.1, 0.15) is 24.3 Å². The maximum Gasteiger partial charge on any atom is 0.318 e. The Morgan fingerprint density at radius 3 is 2.82 bits per heavy atom. The topological polar surface area (TPSA) is 84.0 Å². The molecule has 4 heterocycles. The van der Waals surface area contributed by atoms with Crippen LogP contribution in [0.3, 0.4) is 0 Å². The number of piperazine rings is 1. The molecule has 2 aliphatic rings. The van der Waals surface area contributed by atoms with Gasteiger partial charge < -0.3 is 28.8 Å². The Balaban J connectivity index is 1.34.